The van der Waals surface area contributed by atoms with E-state index in [4.69, 9.17) is 21.1 Å². The van der Waals surface area contributed by atoms with E-state index in [1.54, 1.807) is 36.4 Å². The highest BCUT2D eigenvalue weighted by Gasteiger charge is 2.47. The number of amides is 1. The molecule has 0 spiro atoms. The maximum absolute atomic E-state index is 14.0. The summed E-state index contributed by atoms with van der Waals surface area (Å²) >= 11 is 6.02. The molecule has 1 fully saturated rings. The van der Waals surface area contributed by atoms with E-state index >= 15 is 0 Å². The molecule has 1 aliphatic rings. The Labute approximate surface area is 194 Å². The van der Waals surface area contributed by atoms with Gasteiger partial charge in [0.15, 0.2) is 11.5 Å². The number of nitrogens with zero attached hydrogens (tertiary/aromatic N) is 1. The quantitative estimate of drug-likeness (QED) is 0.320. The Balaban J connectivity index is 1.94. The van der Waals surface area contributed by atoms with E-state index in [0.29, 0.717) is 22.1 Å². The SMILES string of the molecule is COc1ccc(/C(O)=C2\C(=O)C(=O)N(c3cccc(F)c3)C2c2ccc(Cl)cc2)cc1OC. The Morgan fingerprint density at radius 3 is 2.30 bits per heavy atom. The van der Waals surface area contributed by atoms with E-state index in [9.17, 15) is 19.1 Å². The van der Waals surface area contributed by atoms with Crippen molar-refractivity contribution in [1.82, 2.24) is 0 Å². The number of halogens is 2. The van der Waals surface area contributed by atoms with Crippen LogP contribution in [0.4, 0.5) is 10.1 Å². The molecule has 6 nitrogen and oxygen atoms in total. The van der Waals surface area contributed by atoms with Gasteiger partial charge in [-0.1, -0.05) is 29.8 Å². The summed E-state index contributed by atoms with van der Waals surface area (Å²) in [6.45, 7) is 0. The van der Waals surface area contributed by atoms with Crippen LogP contribution in [-0.2, 0) is 9.59 Å². The molecule has 0 saturated carbocycles. The van der Waals surface area contributed by atoms with Gasteiger partial charge in [-0.2, -0.15) is 0 Å². The van der Waals surface area contributed by atoms with Gasteiger partial charge in [0.1, 0.15) is 11.6 Å². The fraction of sp³-hybridized carbons (Fsp3) is 0.120. The lowest BCUT2D eigenvalue weighted by molar-refractivity contribution is -0.132. The van der Waals surface area contributed by atoms with Gasteiger partial charge in [-0.05, 0) is 54.1 Å². The topological polar surface area (TPSA) is 76.1 Å². The van der Waals surface area contributed by atoms with E-state index in [-0.39, 0.29) is 16.8 Å². The van der Waals surface area contributed by atoms with Crippen molar-refractivity contribution in [3.8, 4) is 11.5 Å². The van der Waals surface area contributed by atoms with Gasteiger partial charge in [0.2, 0.25) is 0 Å². The number of ketones is 1. The van der Waals surface area contributed by atoms with Crippen LogP contribution in [0.5, 0.6) is 11.5 Å². The minimum absolute atomic E-state index is 0.140. The van der Waals surface area contributed by atoms with Crippen molar-refractivity contribution in [3.63, 3.8) is 0 Å². The second kappa shape index (κ2) is 8.96. The van der Waals surface area contributed by atoms with E-state index in [0.717, 1.165) is 6.07 Å². The lowest BCUT2D eigenvalue weighted by atomic mass is 9.95. The number of aliphatic hydroxyl groups is 1. The summed E-state index contributed by atoms with van der Waals surface area (Å²) in [6, 6.07) is 15.5. The van der Waals surface area contributed by atoms with Crippen LogP contribution < -0.4 is 14.4 Å². The van der Waals surface area contributed by atoms with Crippen molar-refractivity contribution < 1.29 is 28.6 Å². The van der Waals surface area contributed by atoms with Gasteiger partial charge >= 0.3 is 0 Å². The largest absolute Gasteiger partial charge is 0.507 e. The first kappa shape index (κ1) is 22.4. The van der Waals surface area contributed by atoms with Crippen molar-refractivity contribution >= 4 is 34.7 Å². The molecule has 1 aliphatic heterocycles. The molecular formula is C25H19ClFNO5. The summed E-state index contributed by atoms with van der Waals surface area (Å²) in [4.78, 5) is 27.4. The van der Waals surface area contributed by atoms with Crippen LogP contribution in [0.25, 0.3) is 5.76 Å². The first-order valence-electron chi connectivity index (χ1n) is 9.90. The van der Waals surface area contributed by atoms with Gasteiger partial charge in [-0.15, -0.1) is 0 Å². The Morgan fingerprint density at radius 2 is 1.67 bits per heavy atom. The fourth-order valence-corrected chi connectivity index (χ4v) is 3.95. The van der Waals surface area contributed by atoms with Gasteiger partial charge in [0.05, 0.1) is 25.8 Å². The Morgan fingerprint density at radius 1 is 0.970 bits per heavy atom. The zero-order chi connectivity index (χ0) is 23.7. The van der Waals surface area contributed by atoms with Crippen molar-refractivity contribution in [2.45, 2.75) is 6.04 Å². The third-order valence-electron chi connectivity index (χ3n) is 5.37. The predicted octanol–water partition coefficient (Wildman–Crippen LogP) is 5.12. The number of carbonyl (C=O) groups is 2. The molecule has 4 rings (SSSR count). The van der Waals surface area contributed by atoms with E-state index in [2.05, 4.69) is 0 Å². The predicted molar refractivity (Wildman–Crippen MR) is 122 cm³/mol. The number of ether oxygens (including phenoxy) is 2. The summed E-state index contributed by atoms with van der Waals surface area (Å²) in [5.41, 5.74) is 0.816. The monoisotopic (exact) mass is 467 g/mol. The maximum atomic E-state index is 14.0. The average Bonchev–Trinajstić information content (AvgIpc) is 3.09. The summed E-state index contributed by atoms with van der Waals surface area (Å²) in [5.74, 6) is -1.97. The number of carbonyl (C=O) groups excluding carboxylic acids is 2. The van der Waals surface area contributed by atoms with E-state index < -0.39 is 29.3 Å². The number of rotatable bonds is 5. The lowest BCUT2D eigenvalue weighted by Gasteiger charge is -2.25. The molecule has 0 radical (unpaired) electrons. The Kier molecular flexibility index (Phi) is 6.07. The van der Waals surface area contributed by atoms with Crippen LogP contribution >= 0.6 is 11.6 Å². The molecule has 0 aromatic heterocycles. The number of methoxy groups -OCH3 is 2. The molecular weight excluding hydrogens is 449 g/mol. The molecule has 0 bridgehead atoms. The minimum atomic E-state index is -1.00. The summed E-state index contributed by atoms with van der Waals surface area (Å²) in [7, 11) is 2.92. The molecule has 33 heavy (non-hydrogen) atoms. The van der Waals surface area contributed by atoms with Crippen molar-refractivity contribution in [2.75, 3.05) is 19.1 Å². The van der Waals surface area contributed by atoms with Crippen LogP contribution in [0.1, 0.15) is 17.2 Å². The number of hydrogen-bond donors (Lipinski definition) is 1. The first-order chi connectivity index (χ1) is 15.8. The Bertz CT molecular complexity index is 1270. The second-order valence-electron chi connectivity index (χ2n) is 7.27. The summed E-state index contributed by atoms with van der Waals surface area (Å²) < 4.78 is 24.5. The van der Waals surface area contributed by atoms with Gasteiger partial charge in [-0.25, -0.2) is 4.39 Å². The van der Waals surface area contributed by atoms with Gasteiger partial charge in [0, 0.05) is 16.3 Å². The highest BCUT2D eigenvalue weighted by Crippen LogP contribution is 2.43. The summed E-state index contributed by atoms with van der Waals surface area (Å²) in [6.07, 6.45) is 0. The van der Waals surface area contributed by atoms with E-state index in [1.807, 2.05) is 0 Å². The maximum Gasteiger partial charge on any atom is 0.300 e. The normalized spacial score (nSPS) is 17.3. The molecule has 3 aromatic carbocycles. The molecule has 1 unspecified atom stereocenters. The van der Waals surface area contributed by atoms with Gasteiger partial charge in [0.25, 0.3) is 11.7 Å². The van der Waals surface area contributed by atoms with Crippen LogP contribution in [0.2, 0.25) is 5.02 Å². The highest BCUT2D eigenvalue weighted by molar-refractivity contribution is 6.51. The van der Waals surface area contributed by atoms with Crippen molar-refractivity contribution in [3.05, 3.63) is 94.3 Å². The zero-order valence-electron chi connectivity index (χ0n) is 17.7. The van der Waals surface area contributed by atoms with Gasteiger partial charge < -0.3 is 14.6 Å². The minimum Gasteiger partial charge on any atom is -0.507 e. The van der Waals surface area contributed by atoms with E-state index in [1.165, 1.54) is 43.4 Å². The van der Waals surface area contributed by atoms with Crippen LogP contribution in [0, 0.1) is 5.82 Å². The fourth-order valence-electron chi connectivity index (χ4n) is 3.82. The molecule has 1 heterocycles. The first-order valence-corrected chi connectivity index (χ1v) is 10.3. The molecule has 168 valence electrons. The number of hydrogen-bond acceptors (Lipinski definition) is 5. The third kappa shape index (κ3) is 4.03. The number of Topliss-reactive ketones (excluding diaryl/α,β-unsaturated/α-hetero) is 1. The number of aliphatic hydroxyl groups excluding tert-OH is 1. The highest BCUT2D eigenvalue weighted by atomic mass is 35.5. The molecule has 3 aromatic rings. The molecule has 1 amide bonds. The molecule has 1 saturated heterocycles. The zero-order valence-corrected chi connectivity index (χ0v) is 18.5. The standard InChI is InChI=1S/C25H19ClFNO5/c1-32-19-11-8-15(12-20(19)33-2)23(29)21-22(14-6-9-16(26)10-7-14)28(25(31)24(21)30)18-5-3-4-17(27)13-18/h3-13,22,29H,1-2H3/b23-21+. The molecule has 0 aliphatic carbocycles. The van der Waals surface area contributed by atoms with Crippen molar-refractivity contribution in [1.29, 1.82) is 0 Å². The smallest absolute Gasteiger partial charge is 0.300 e. The summed E-state index contributed by atoms with van der Waals surface area (Å²) in [5, 5.41) is 11.6. The van der Waals surface area contributed by atoms with Crippen LogP contribution in [0.3, 0.4) is 0 Å². The van der Waals surface area contributed by atoms with Crippen LogP contribution in [0.15, 0.2) is 72.3 Å². The van der Waals surface area contributed by atoms with Crippen LogP contribution in [-0.4, -0.2) is 31.0 Å². The average molecular weight is 468 g/mol. The lowest BCUT2D eigenvalue weighted by Crippen LogP contribution is -2.29. The number of benzene rings is 3. The molecule has 1 N–H and O–H groups in total. The number of anilines is 1. The molecule has 1 atom stereocenters. The third-order valence-corrected chi connectivity index (χ3v) is 5.63. The Hall–Kier alpha value is -3.84. The second-order valence-corrected chi connectivity index (χ2v) is 7.71. The van der Waals surface area contributed by atoms with Crippen molar-refractivity contribution in [2.24, 2.45) is 0 Å². The molecule has 8 heteroatoms. The van der Waals surface area contributed by atoms with Gasteiger partial charge in [-0.3, -0.25) is 14.5 Å².